The van der Waals surface area contributed by atoms with Crippen LogP contribution in [-0.2, 0) is 18.8 Å². The average molecular weight is 457 g/mol. The van der Waals surface area contributed by atoms with Gasteiger partial charge in [0.2, 0.25) is 0 Å². The van der Waals surface area contributed by atoms with Crippen LogP contribution in [0.15, 0.2) is 18.2 Å². The summed E-state index contributed by atoms with van der Waals surface area (Å²) in [6.45, 7) is -3.00. The summed E-state index contributed by atoms with van der Waals surface area (Å²) in [5.41, 5.74) is -4.25. The molecule has 8 nitrogen and oxygen atoms in total. The SMILES string of the molecule is [2H]C([2H])([2H])OC(=O)c1cc(N2C([2H])([2H])C([2H])([2H])N(C(=O)OC(C)(C)C)C([2H])([2H])C2([2H])[2H])ccc1B1OC(C)(C)C(C)(C)O1. The first-order valence-electron chi connectivity index (χ1n) is 15.5. The molecule has 0 saturated carbocycles. The van der Waals surface area contributed by atoms with E-state index in [2.05, 4.69) is 4.74 Å². The molecule has 0 radical (unpaired) electrons. The Hall–Kier alpha value is -2.26. The molecule has 2 aliphatic heterocycles. The topological polar surface area (TPSA) is 77.5 Å². The van der Waals surface area contributed by atoms with Crippen LogP contribution in [0.25, 0.3) is 0 Å². The molecule has 176 valence electrons. The maximum atomic E-state index is 13.1. The number of nitrogens with zero attached hydrogens (tertiary/aromatic N) is 2. The summed E-state index contributed by atoms with van der Waals surface area (Å²) in [6, 6.07) is 3.06. The lowest BCUT2D eigenvalue weighted by Crippen LogP contribution is -2.50. The van der Waals surface area contributed by atoms with Gasteiger partial charge in [0.1, 0.15) is 5.60 Å². The summed E-state index contributed by atoms with van der Waals surface area (Å²) in [5, 5.41) is 0. The number of piperazine rings is 1. The van der Waals surface area contributed by atoms with Crippen LogP contribution in [-0.4, -0.2) is 73.9 Å². The lowest BCUT2D eigenvalue weighted by molar-refractivity contribution is 0.00578. The summed E-state index contributed by atoms with van der Waals surface area (Å²) in [4.78, 5) is 25.9. The summed E-state index contributed by atoms with van der Waals surface area (Å²) in [6.07, 6.45) is -1.65. The Balaban J connectivity index is 2.24. The third-order valence-electron chi connectivity index (χ3n) is 5.24. The molecular formula is C23H35BN2O6. The van der Waals surface area contributed by atoms with E-state index in [0.717, 1.165) is 18.2 Å². The number of esters is 1. The molecule has 0 atom stereocenters. The van der Waals surface area contributed by atoms with Crippen LogP contribution in [0.2, 0.25) is 0 Å². The van der Waals surface area contributed by atoms with Crippen molar-refractivity contribution in [2.45, 2.75) is 65.3 Å². The van der Waals surface area contributed by atoms with Gasteiger partial charge in [0.05, 0.1) is 38.9 Å². The fourth-order valence-electron chi connectivity index (χ4n) is 2.87. The molecule has 2 heterocycles. The van der Waals surface area contributed by atoms with Gasteiger partial charge in [-0.3, -0.25) is 0 Å². The normalized spacial score (nSPS) is 32.1. The van der Waals surface area contributed by atoms with Gasteiger partial charge in [0.25, 0.3) is 0 Å². The van der Waals surface area contributed by atoms with E-state index in [1.165, 1.54) is 20.8 Å². The highest BCUT2D eigenvalue weighted by Gasteiger charge is 2.52. The highest BCUT2D eigenvalue weighted by molar-refractivity contribution is 6.63. The lowest BCUT2D eigenvalue weighted by atomic mass is 9.75. The smallest absolute Gasteiger partial charge is 0.465 e. The fraction of sp³-hybridized carbons (Fsp3) is 0.652. The Morgan fingerprint density at radius 1 is 1.09 bits per heavy atom. The molecule has 0 bridgehead atoms. The van der Waals surface area contributed by atoms with Gasteiger partial charge in [-0.2, -0.15) is 0 Å². The predicted octanol–water partition coefficient (Wildman–Crippen LogP) is 2.83. The molecule has 1 amide bonds. The van der Waals surface area contributed by atoms with E-state index < -0.39 is 80.3 Å². The predicted molar refractivity (Wildman–Crippen MR) is 124 cm³/mol. The standard InChI is InChI=1S/C23H35BN2O6/c1-21(2,3)30-20(28)26-13-11-25(12-14-26)16-9-10-18(17(15-16)19(27)29-8)24-31-22(4,5)23(6,7)32-24/h9-10,15H,11-14H2,1-8H3/i8D3,11D2,12D2,13D2,14D2. The van der Waals surface area contributed by atoms with Gasteiger partial charge in [-0.25, -0.2) is 9.59 Å². The first-order chi connectivity index (χ1) is 18.9. The van der Waals surface area contributed by atoms with Gasteiger partial charge >= 0.3 is 19.2 Å². The van der Waals surface area contributed by atoms with Gasteiger partial charge in [0, 0.05) is 31.7 Å². The third-order valence-corrected chi connectivity index (χ3v) is 5.24. The van der Waals surface area contributed by atoms with Crippen LogP contribution in [0, 0.1) is 0 Å². The van der Waals surface area contributed by atoms with Crippen LogP contribution in [0.4, 0.5) is 10.5 Å². The number of anilines is 1. The summed E-state index contributed by atoms with van der Waals surface area (Å²) < 4.78 is 112. The third kappa shape index (κ3) is 5.04. The van der Waals surface area contributed by atoms with E-state index in [1.54, 1.807) is 27.7 Å². The van der Waals surface area contributed by atoms with E-state index in [4.69, 9.17) is 29.1 Å². The molecule has 0 N–H and O–H groups in total. The highest BCUT2D eigenvalue weighted by Crippen LogP contribution is 2.37. The number of carbonyl (C=O) groups excluding carboxylic acids is 2. The van der Waals surface area contributed by atoms with Crippen molar-refractivity contribution >= 4 is 30.3 Å². The number of hydrogen-bond donors (Lipinski definition) is 0. The second-order valence-electron chi connectivity index (χ2n) is 9.35. The maximum absolute atomic E-state index is 13.1. The number of carbonyl (C=O) groups is 2. The van der Waals surface area contributed by atoms with Gasteiger partial charge in [-0.1, -0.05) is 6.07 Å². The number of rotatable bonds is 3. The fourth-order valence-corrected chi connectivity index (χ4v) is 2.87. The van der Waals surface area contributed by atoms with Crippen molar-refractivity contribution in [3.05, 3.63) is 23.8 Å². The van der Waals surface area contributed by atoms with Crippen molar-refractivity contribution in [3.8, 4) is 0 Å². The van der Waals surface area contributed by atoms with Gasteiger partial charge < -0.3 is 28.6 Å². The summed E-state index contributed by atoms with van der Waals surface area (Å²) in [5.74, 6) is -1.44. The quantitative estimate of drug-likeness (QED) is 0.510. The molecular weight excluding hydrogens is 411 g/mol. The van der Waals surface area contributed by atoms with E-state index >= 15 is 0 Å². The lowest BCUT2D eigenvalue weighted by Gasteiger charge is -2.37. The second kappa shape index (κ2) is 8.59. The summed E-state index contributed by atoms with van der Waals surface area (Å²) in [7, 11) is -4.47. The van der Waals surface area contributed by atoms with E-state index in [-0.39, 0.29) is 15.3 Å². The van der Waals surface area contributed by atoms with E-state index in [0.29, 0.717) is 0 Å². The Morgan fingerprint density at radius 2 is 1.69 bits per heavy atom. The molecule has 0 unspecified atom stereocenters. The second-order valence-corrected chi connectivity index (χ2v) is 9.35. The zero-order valence-electron chi connectivity index (χ0n) is 30.2. The number of ether oxygens (including phenoxy) is 2. The minimum absolute atomic E-state index is 0.0591. The molecule has 1 aromatic rings. The molecule has 0 spiro atoms. The zero-order valence-corrected chi connectivity index (χ0v) is 19.2. The Bertz CT molecular complexity index is 1250. The van der Waals surface area contributed by atoms with Crippen molar-refractivity contribution in [1.29, 1.82) is 0 Å². The van der Waals surface area contributed by atoms with Gasteiger partial charge in [0.15, 0.2) is 0 Å². The molecule has 9 heteroatoms. The molecule has 3 rings (SSSR count). The van der Waals surface area contributed by atoms with Crippen molar-refractivity contribution in [2.24, 2.45) is 0 Å². The average Bonchev–Trinajstić information content (AvgIpc) is 2.96. The molecule has 1 aromatic carbocycles. The van der Waals surface area contributed by atoms with Crippen molar-refractivity contribution in [3.63, 3.8) is 0 Å². The summed E-state index contributed by atoms with van der Waals surface area (Å²) >= 11 is 0. The first kappa shape index (κ1) is 13.5. The Labute approximate surface area is 206 Å². The monoisotopic (exact) mass is 457 g/mol. The molecule has 0 aromatic heterocycles. The van der Waals surface area contributed by atoms with Gasteiger partial charge in [-0.05, 0) is 66.1 Å². The highest BCUT2D eigenvalue weighted by atomic mass is 16.7. The Morgan fingerprint density at radius 3 is 2.22 bits per heavy atom. The number of benzene rings is 1. The van der Waals surface area contributed by atoms with Crippen LogP contribution in [0.5, 0.6) is 0 Å². The minimum Gasteiger partial charge on any atom is -0.465 e. The van der Waals surface area contributed by atoms with Crippen molar-refractivity contribution in [1.82, 2.24) is 4.90 Å². The molecule has 32 heavy (non-hydrogen) atoms. The van der Waals surface area contributed by atoms with Crippen molar-refractivity contribution < 1.29 is 43.4 Å². The minimum atomic E-state index is -3.56. The van der Waals surface area contributed by atoms with Gasteiger partial charge in [-0.15, -0.1) is 0 Å². The number of methoxy groups -OCH3 is 1. The Kier molecular flexibility index (Phi) is 3.61. The molecule has 2 aliphatic rings. The zero-order chi connectivity index (χ0) is 33.6. The van der Waals surface area contributed by atoms with Crippen LogP contribution in [0.3, 0.4) is 0 Å². The molecule has 0 aliphatic carbocycles. The van der Waals surface area contributed by atoms with E-state index in [9.17, 15) is 9.59 Å². The maximum Gasteiger partial charge on any atom is 0.495 e. The number of hydrogen-bond acceptors (Lipinski definition) is 7. The van der Waals surface area contributed by atoms with Crippen LogP contribution < -0.4 is 10.4 Å². The number of amides is 1. The molecule has 2 fully saturated rings. The van der Waals surface area contributed by atoms with E-state index in [1.807, 2.05) is 0 Å². The van der Waals surface area contributed by atoms with Crippen LogP contribution in [0.1, 0.15) is 73.9 Å². The first-order valence-corrected chi connectivity index (χ1v) is 9.97. The largest absolute Gasteiger partial charge is 0.495 e. The van der Waals surface area contributed by atoms with Crippen molar-refractivity contribution in [2.75, 3.05) is 37.9 Å². The van der Waals surface area contributed by atoms with Crippen LogP contribution >= 0.6 is 0 Å². The molecule has 2 saturated heterocycles.